The first-order chi connectivity index (χ1) is 17.1. The molecule has 0 saturated heterocycles. The number of nitrogens with zero attached hydrogens (tertiary/aromatic N) is 2. The van der Waals surface area contributed by atoms with Gasteiger partial charge in [0.05, 0.1) is 10.9 Å². The number of hydrogen-bond donors (Lipinski definition) is 2. The van der Waals surface area contributed by atoms with E-state index in [1.807, 2.05) is 18.2 Å². The van der Waals surface area contributed by atoms with Gasteiger partial charge in [-0.2, -0.15) is 0 Å². The van der Waals surface area contributed by atoms with Gasteiger partial charge in [-0.15, -0.1) is 0 Å². The van der Waals surface area contributed by atoms with Crippen LogP contribution in [0.15, 0.2) is 47.3 Å². The molecule has 0 bridgehead atoms. The van der Waals surface area contributed by atoms with Gasteiger partial charge >= 0.3 is 0 Å². The SMILES string of the molecule is CCN(CCCNC(=O)CCCCCn1c(=S)[nH]c2cc3c(cc2c1=O)OCO3)c1ccccc1. The molecule has 2 aromatic carbocycles. The lowest BCUT2D eigenvalue weighted by molar-refractivity contribution is -0.121. The zero-order valence-corrected chi connectivity index (χ0v) is 20.9. The average molecular weight is 497 g/mol. The highest BCUT2D eigenvalue weighted by Crippen LogP contribution is 2.34. The first-order valence-electron chi connectivity index (χ1n) is 12.2. The number of H-pyrrole nitrogens is 1. The first kappa shape index (κ1) is 24.8. The molecule has 0 saturated carbocycles. The average Bonchev–Trinajstić information content (AvgIpc) is 3.32. The van der Waals surface area contributed by atoms with Gasteiger partial charge in [-0.05, 0) is 56.6 Å². The van der Waals surface area contributed by atoms with Crippen molar-refractivity contribution in [2.75, 3.05) is 31.3 Å². The van der Waals surface area contributed by atoms with E-state index in [9.17, 15) is 9.59 Å². The van der Waals surface area contributed by atoms with Gasteiger partial charge in [0.1, 0.15) is 0 Å². The van der Waals surface area contributed by atoms with Gasteiger partial charge in [0.25, 0.3) is 5.56 Å². The molecule has 8 nitrogen and oxygen atoms in total. The van der Waals surface area contributed by atoms with Crippen LogP contribution >= 0.6 is 12.2 Å². The third-order valence-electron chi connectivity index (χ3n) is 6.19. The fourth-order valence-electron chi connectivity index (χ4n) is 4.27. The maximum absolute atomic E-state index is 12.9. The van der Waals surface area contributed by atoms with Crippen molar-refractivity contribution in [3.8, 4) is 11.5 Å². The Morgan fingerprint density at radius 3 is 2.66 bits per heavy atom. The van der Waals surface area contributed by atoms with Crippen molar-refractivity contribution in [3.63, 3.8) is 0 Å². The minimum absolute atomic E-state index is 0.0731. The lowest BCUT2D eigenvalue weighted by Gasteiger charge is -2.23. The summed E-state index contributed by atoms with van der Waals surface area (Å²) < 4.78 is 12.7. The summed E-state index contributed by atoms with van der Waals surface area (Å²) in [5.74, 6) is 1.25. The van der Waals surface area contributed by atoms with Crippen LogP contribution in [-0.2, 0) is 11.3 Å². The third-order valence-corrected chi connectivity index (χ3v) is 6.51. The van der Waals surface area contributed by atoms with Crippen LogP contribution in [0.4, 0.5) is 5.69 Å². The molecule has 3 aromatic rings. The summed E-state index contributed by atoms with van der Waals surface area (Å²) in [5.41, 5.74) is 1.71. The summed E-state index contributed by atoms with van der Waals surface area (Å²) >= 11 is 5.40. The minimum Gasteiger partial charge on any atom is -0.454 e. The Bertz CT molecular complexity index is 1270. The maximum Gasteiger partial charge on any atom is 0.262 e. The predicted molar refractivity (Wildman–Crippen MR) is 140 cm³/mol. The highest BCUT2D eigenvalue weighted by atomic mass is 32.1. The van der Waals surface area contributed by atoms with Crippen LogP contribution in [0.2, 0.25) is 0 Å². The van der Waals surface area contributed by atoms with E-state index in [1.165, 1.54) is 5.69 Å². The van der Waals surface area contributed by atoms with Gasteiger partial charge in [0.15, 0.2) is 16.3 Å². The van der Waals surface area contributed by atoms with E-state index in [0.717, 1.165) is 38.8 Å². The molecule has 2 N–H and O–H groups in total. The van der Waals surface area contributed by atoms with Gasteiger partial charge < -0.3 is 24.7 Å². The second kappa shape index (κ2) is 11.9. The van der Waals surface area contributed by atoms with Gasteiger partial charge in [-0.25, -0.2) is 0 Å². The lowest BCUT2D eigenvalue weighted by Crippen LogP contribution is -2.29. The molecule has 0 aliphatic carbocycles. The van der Waals surface area contributed by atoms with Gasteiger partial charge in [-0.1, -0.05) is 24.6 Å². The van der Waals surface area contributed by atoms with Crippen molar-refractivity contribution in [1.82, 2.24) is 14.9 Å². The Balaban J connectivity index is 1.17. The molecule has 186 valence electrons. The van der Waals surface area contributed by atoms with E-state index in [-0.39, 0.29) is 18.3 Å². The van der Waals surface area contributed by atoms with Crippen molar-refractivity contribution in [2.24, 2.45) is 0 Å². The number of aromatic amines is 1. The van der Waals surface area contributed by atoms with Gasteiger partial charge in [0, 0.05) is 44.4 Å². The molecule has 1 aliphatic rings. The summed E-state index contributed by atoms with van der Waals surface area (Å²) in [7, 11) is 0. The van der Waals surface area contributed by atoms with E-state index in [2.05, 4.69) is 34.3 Å². The molecular formula is C26H32N4O4S. The Hall–Kier alpha value is -3.33. The highest BCUT2D eigenvalue weighted by Gasteiger charge is 2.17. The maximum atomic E-state index is 12.9. The number of rotatable bonds is 12. The lowest BCUT2D eigenvalue weighted by atomic mass is 10.2. The van der Waals surface area contributed by atoms with Gasteiger partial charge in [-0.3, -0.25) is 14.2 Å². The Labute approximate surface area is 209 Å². The standard InChI is InChI=1S/C26H32N4O4S/c1-2-29(19-10-5-3-6-11-19)14-9-13-27-24(31)12-7-4-8-15-30-25(32)20-16-22-23(34-18-33-22)17-21(20)28-26(30)35/h3,5-6,10-11,16-17H,2,4,7-9,12-15,18H2,1H3,(H,27,31)(H,28,35). The van der Waals surface area contributed by atoms with E-state index in [1.54, 1.807) is 16.7 Å². The van der Waals surface area contributed by atoms with Crippen LogP contribution < -0.4 is 25.2 Å². The van der Waals surface area contributed by atoms with Crippen molar-refractivity contribution in [1.29, 1.82) is 0 Å². The number of carbonyl (C=O) groups is 1. The molecule has 35 heavy (non-hydrogen) atoms. The van der Waals surface area contributed by atoms with Crippen molar-refractivity contribution in [2.45, 2.75) is 45.6 Å². The number of nitrogens with one attached hydrogen (secondary N) is 2. The monoisotopic (exact) mass is 496 g/mol. The van der Waals surface area contributed by atoms with Crippen LogP contribution in [0.1, 0.15) is 39.0 Å². The van der Waals surface area contributed by atoms with Crippen LogP contribution in [0.5, 0.6) is 11.5 Å². The minimum atomic E-state index is -0.142. The number of anilines is 1. The quantitative estimate of drug-likeness (QED) is 0.286. The number of fused-ring (bicyclic) bond motifs is 2. The summed E-state index contributed by atoms with van der Waals surface area (Å²) in [6.07, 6.45) is 3.76. The van der Waals surface area contributed by atoms with Crippen LogP contribution in [0.25, 0.3) is 10.9 Å². The predicted octanol–water partition coefficient (Wildman–Crippen LogP) is 4.38. The molecule has 0 fully saturated rings. The van der Waals surface area contributed by atoms with Crippen LogP contribution in [-0.4, -0.2) is 41.9 Å². The molecular weight excluding hydrogens is 464 g/mol. The Morgan fingerprint density at radius 2 is 1.89 bits per heavy atom. The van der Waals surface area contributed by atoms with E-state index < -0.39 is 0 Å². The zero-order chi connectivity index (χ0) is 24.6. The molecule has 0 spiro atoms. The second-order valence-electron chi connectivity index (χ2n) is 8.57. The molecule has 1 amide bonds. The smallest absolute Gasteiger partial charge is 0.262 e. The second-order valence-corrected chi connectivity index (χ2v) is 8.95. The molecule has 0 atom stereocenters. The zero-order valence-electron chi connectivity index (χ0n) is 20.0. The van der Waals surface area contributed by atoms with Crippen molar-refractivity contribution >= 4 is 34.7 Å². The number of ether oxygens (including phenoxy) is 2. The van der Waals surface area contributed by atoms with Crippen molar-refractivity contribution in [3.05, 3.63) is 57.6 Å². The number of unbranched alkanes of at least 4 members (excludes halogenated alkanes) is 2. The molecule has 0 radical (unpaired) electrons. The number of hydrogen-bond acceptors (Lipinski definition) is 6. The number of aromatic nitrogens is 2. The third kappa shape index (κ3) is 6.22. The highest BCUT2D eigenvalue weighted by molar-refractivity contribution is 7.71. The fourth-order valence-corrected chi connectivity index (χ4v) is 4.56. The number of amides is 1. The van der Waals surface area contributed by atoms with E-state index in [4.69, 9.17) is 21.7 Å². The Kier molecular flexibility index (Phi) is 8.41. The summed E-state index contributed by atoms with van der Waals surface area (Å²) in [6, 6.07) is 13.8. The molecule has 1 aromatic heterocycles. The molecule has 4 rings (SSSR count). The van der Waals surface area contributed by atoms with Gasteiger partial charge in [0.2, 0.25) is 12.7 Å². The summed E-state index contributed by atoms with van der Waals surface area (Å²) in [5, 5.41) is 3.54. The topological polar surface area (TPSA) is 88.6 Å². The molecule has 0 unspecified atom stereocenters. The van der Waals surface area contributed by atoms with Crippen LogP contribution in [0, 0.1) is 4.77 Å². The molecule has 1 aliphatic heterocycles. The normalized spacial score (nSPS) is 12.1. The van der Waals surface area contributed by atoms with Crippen LogP contribution in [0.3, 0.4) is 0 Å². The Morgan fingerprint density at radius 1 is 1.11 bits per heavy atom. The van der Waals surface area contributed by atoms with E-state index in [0.29, 0.717) is 46.7 Å². The van der Waals surface area contributed by atoms with E-state index >= 15 is 0 Å². The number of para-hydroxylation sites is 1. The number of carbonyl (C=O) groups excluding carboxylic acids is 1. The summed E-state index contributed by atoms with van der Waals surface area (Å²) in [4.78, 5) is 30.5. The van der Waals surface area contributed by atoms with Crippen molar-refractivity contribution < 1.29 is 14.3 Å². The fraction of sp³-hybridized carbons (Fsp3) is 0.423. The molecule has 2 heterocycles. The first-order valence-corrected chi connectivity index (χ1v) is 12.6. The largest absolute Gasteiger partial charge is 0.454 e. The summed E-state index contributed by atoms with van der Waals surface area (Å²) in [6.45, 7) is 5.31. The molecule has 9 heteroatoms. The number of benzene rings is 2.